The molecule has 0 unspecified atom stereocenters. The molecule has 0 aliphatic carbocycles. The number of rotatable bonds is 0. The molecule has 74 valence electrons. The van der Waals surface area contributed by atoms with Crippen LogP contribution < -0.4 is 10.1 Å². The quantitative estimate of drug-likeness (QED) is 0.710. The van der Waals surface area contributed by atoms with Gasteiger partial charge in [-0.05, 0) is 18.6 Å². The van der Waals surface area contributed by atoms with E-state index in [1.807, 2.05) is 13.0 Å². The Bertz CT molecular complexity index is 390. The average molecular weight is 212 g/mol. The highest BCUT2D eigenvalue weighted by atomic mass is 35.5. The fourth-order valence-corrected chi connectivity index (χ4v) is 1.70. The maximum Gasteiger partial charge on any atom is 0.256 e. The lowest BCUT2D eigenvalue weighted by Crippen LogP contribution is -2.24. The second kappa shape index (κ2) is 3.50. The molecule has 0 saturated heterocycles. The summed E-state index contributed by atoms with van der Waals surface area (Å²) in [6.07, 6.45) is 0. The second-order valence-corrected chi connectivity index (χ2v) is 3.58. The molecule has 3 nitrogen and oxygen atoms in total. The summed E-state index contributed by atoms with van der Waals surface area (Å²) in [6, 6.07) is 3.56. The fourth-order valence-electron chi connectivity index (χ4n) is 1.47. The number of hydrogen-bond acceptors (Lipinski definition) is 2. The Hall–Kier alpha value is -1.22. The minimum Gasteiger partial charge on any atom is -0.491 e. The van der Waals surface area contributed by atoms with Crippen LogP contribution in [0.2, 0.25) is 5.02 Å². The van der Waals surface area contributed by atoms with Gasteiger partial charge in [0.15, 0.2) is 0 Å². The summed E-state index contributed by atoms with van der Waals surface area (Å²) in [5.74, 6) is 0.443. The van der Waals surface area contributed by atoms with E-state index in [-0.39, 0.29) is 5.91 Å². The van der Waals surface area contributed by atoms with Gasteiger partial charge in [0.2, 0.25) is 0 Å². The first-order valence-corrected chi connectivity index (χ1v) is 4.78. The van der Waals surface area contributed by atoms with Crippen molar-refractivity contribution in [1.29, 1.82) is 0 Å². The van der Waals surface area contributed by atoms with Crippen LogP contribution in [0.3, 0.4) is 0 Å². The van der Waals surface area contributed by atoms with Crippen molar-refractivity contribution in [2.75, 3.05) is 13.2 Å². The molecule has 0 spiro atoms. The number of nitrogens with one attached hydrogen (secondary N) is 1. The van der Waals surface area contributed by atoms with Gasteiger partial charge in [0.1, 0.15) is 17.9 Å². The topological polar surface area (TPSA) is 38.3 Å². The largest absolute Gasteiger partial charge is 0.491 e. The van der Waals surface area contributed by atoms with Crippen LogP contribution in [0.5, 0.6) is 5.75 Å². The molecular formula is C10H10ClNO2. The highest BCUT2D eigenvalue weighted by Gasteiger charge is 2.21. The smallest absolute Gasteiger partial charge is 0.256 e. The standard InChI is InChI=1S/C10H10ClNO2/c1-6-2-3-7(11)8-9(6)14-5-4-12-10(8)13/h2-3H,4-5H2,1H3,(H,12,13). The Morgan fingerprint density at radius 2 is 2.29 bits per heavy atom. The monoisotopic (exact) mass is 211 g/mol. The molecule has 4 heteroatoms. The van der Waals surface area contributed by atoms with Gasteiger partial charge in [-0.3, -0.25) is 4.79 Å². The van der Waals surface area contributed by atoms with Crippen molar-refractivity contribution in [2.24, 2.45) is 0 Å². The molecule has 1 aromatic carbocycles. The molecule has 1 N–H and O–H groups in total. The van der Waals surface area contributed by atoms with Crippen LogP contribution in [0.1, 0.15) is 15.9 Å². The first-order chi connectivity index (χ1) is 6.70. The number of halogens is 1. The number of fused-ring (bicyclic) bond motifs is 1. The van der Waals surface area contributed by atoms with Gasteiger partial charge in [-0.1, -0.05) is 17.7 Å². The number of aryl methyl sites for hydroxylation is 1. The summed E-state index contributed by atoms with van der Waals surface area (Å²) < 4.78 is 5.46. The number of hydrogen-bond donors (Lipinski definition) is 1. The molecule has 1 amide bonds. The number of benzene rings is 1. The van der Waals surface area contributed by atoms with Gasteiger partial charge in [0, 0.05) is 0 Å². The van der Waals surface area contributed by atoms with Crippen molar-refractivity contribution in [3.63, 3.8) is 0 Å². The van der Waals surface area contributed by atoms with Crippen LogP contribution in [0, 0.1) is 6.92 Å². The summed E-state index contributed by atoms with van der Waals surface area (Å²) in [5, 5.41) is 3.16. The number of ether oxygens (including phenoxy) is 1. The Morgan fingerprint density at radius 1 is 1.50 bits per heavy atom. The predicted molar refractivity (Wildman–Crippen MR) is 54.0 cm³/mol. The van der Waals surface area contributed by atoms with Gasteiger partial charge >= 0.3 is 0 Å². The van der Waals surface area contributed by atoms with Crippen molar-refractivity contribution in [3.8, 4) is 5.75 Å². The molecule has 0 radical (unpaired) electrons. The molecule has 1 aliphatic heterocycles. The van der Waals surface area contributed by atoms with E-state index >= 15 is 0 Å². The summed E-state index contributed by atoms with van der Waals surface area (Å²) in [6.45, 7) is 2.90. The van der Waals surface area contributed by atoms with Crippen molar-refractivity contribution >= 4 is 17.5 Å². The molecule has 0 saturated carbocycles. The lowest BCUT2D eigenvalue weighted by Gasteiger charge is -2.09. The Morgan fingerprint density at radius 3 is 3.07 bits per heavy atom. The van der Waals surface area contributed by atoms with E-state index in [2.05, 4.69) is 5.32 Å². The van der Waals surface area contributed by atoms with Gasteiger partial charge in [-0.25, -0.2) is 0 Å². The molecule has 1 aliphatic rings. The second-order valence-electron chi connectivity index (χ2n) is 3.17. The van der Waals surface area contributed by atoms with Crippen molar-refractivity contribution in [3.05, 3.63) is 28.3 Å². The minimum absolute atomic E-state index is 0.161. The first kappa shape index (κ1) is 9.34. The van der Waals surface area contributed by atoms with E-state index in [1.165, 1.54) is 0 Å². The van der Waals surface area contributed by atoms with Gasteiger partial charge in [0.05, 0.1) is 11.6 Å². The Balaban J connectivity index is 2.62. The zero-order valence-corrected chi connectivity index (χ0v) is 8.52. The maximum absolute atomic E-state index is 11.6. The van der Waals surface area contributed by atoms with E-state index in [0.717, 1.165) is 5.56 Å². The maximum atomic E-state index is 11.6. The minimum atomic E-state index is -0.161. The molecule has 0 atom stereocenters. The number of amides is 1. The van der Waals surface area contributed by atoms with Gasteiger partial charge in [-0.2, -0.15) is 0 Å². The van der Waals surface area contributed by atoms with Crippen molar-refractivity contribution < 1.29 is 9.53 Å². The number of carbonyl (C=O) groups excluding carboxylic acids is 1. The van der Waals surface area contributed by atoms with Crippen LogP contribution in [-0.4, -0.2) is 19.1 Å². The zero-order valence-electron chi connectivity index (χ0n) is 7.76. The summed E-state index contributed by atoms with van der Waals surface area (Å²) >= 11 is 5.94. The zero-order chi connectivity index (χ0) is 10.1. The first-order valence-electron chi connectivity index (χ1n) is 4.40. The molecule has 1 heterocycles. The van der Waals surface area contributed by atoms with E-state index < -0.39 is 0 Å². The molecule has 2 rings (SSSR count). The SMILES string of the molecule is Cc1ccc(Cl)c2c1OCCNC2=O. The molecule has 1 aromatic rings. The molecule has 14 heavy (non-hydrogen) atoms. The molecule has 0 aromatic heterocycles. The highest BCUT2D eigenvalue weighted by Crippen LogP contribution is 2.30. The van der Waals surface area contributed by atoms with Crippen LogP contribution in [-0.2, 0) is 0 Å². The third-order valence-electron chi connectivity index (χ3n) is 2.16. The van der Waals surface area contributed by atoms with Gasteiger partial charge in [0.25, 0.3) is 5.91 Å². The average Bonchev–Trinajstić information content (AvgIpc) is 2.35. The van der Waals surface area contributed by atoms with Gasteiger partial charge in [-0.15, -0.1) is 0 Å². The third kappa shape index (κ3) is 1.44. The normalized spacial score (nSPS) is 15.1. The number of carbonyl (C=O) groups is 1. The van der Waals surface area contributed by atoms with E-state index in [1.54, 1.807) is 6.07 Å². The van der Waals surface area contributed by atoms with Crippen LogP contribution in [0.15, 0.2) is 12.1 Å². The fraction of sp³-hybridized carbons (Fsp3) is 0.300. The predicted octanol–water partition coefficient (Wildman–Crippen LogP) is 1.77. The summed E-state index contributed by atoms with van der Waals surface area (Å²) in [7, 11) is 0. The third-order valence-corrected chi connectivity index (χ3v) is 2.48. The Kier molecular flexibility index (Phi) is 2.33. The van der Waals surface area contributed by atoms with Crippen LogP contribution >= 0.6 is 11.6 Å². The summed E-state index contributed by atoms with van der Waals surface area (Å²) in [5.41, 5.74) is 1.38. The Labute approximate surface area is 87.0 Å². The van der Waals surface area contributed by atoms with E-state index in [0.29, 0.717) is 29.5 Å². The van der Waals surface area contributed by atoms with Crippen molar-refractivity contribution in [1.82, 2.24) is 5.32 Å². The lowest BCUT2D eigenvalue weighted by molar-refractivity contribution is 0.0957. The van der Waals surface area contributed by atoms with Crippen molar-refractivity contribution in [2.45, 2.75) is 6.92 Å². The molecule has 0 fully saturated rings. The van der Waals surface area contributed by atoms with Gasteiger partial charge < -0.3 is 10.1 Å². The van der Waals surface area contributed by atoms with Crippen LogP contribution in [0.4, 0.5) is 0 Å². The lowest BCUT2D eigenvalue weighted by atomic mass is 10.1. The summed E-state index contributed by atoms with van der Waals surface area (Å²) in [4.78, 5) is 11.6. The van der Waals surface area contributed by atoms with Crippen LogP contribution in [0.25, 0.3) is 0 Å². The van der Waals surface area contributed by atoms with E-state index in [9.17, 15) is 4.79 Å². The molecule has 0 bridgehead atoms. The molecular weight excluding hydrogens is 202 g/mol. The highest BCUT2D eigenvalue weighted by molar-refractivity contribution is 6.34. The van der Waals surface area contributed by atoms with E-state index in [4.69, 9.17) is 16.3 Å².